The number of carboxylic acids is 1. The van der Waals surface area contributed by atoms with Crippen LogP contribution >= 0.6 is 0 Å². The molecule has 34 heavy (non-hydrogen) atoms. The summed E-state index contributed by atoms with van der Waals surface area (Å²) in [5.41, 5.74) is 11.2. The largest absolute Gasteiger partial charge is 0.508 e. The van der Waals surface area contributed by atoms with Crippen LogP contribution < -0.4 is 27.4 Å². The Labute approximate surface area is 195 Å². The first kappa shape index (κ1) is 28.3. The number of carbonyl (C=O) groups is 5. The predicted octanol–water partition coefficient (Wildman–Crippen LogP) is -2.53. The molecular formula is C21H31N5O8. The number of aliphatic hydroxyl groups excluding tert-OH is 1. The number of nitrogens with one attached hydrogen (secondary N) is 3. The maximum absolute atomic E-state index is 12.9. The van der Waals surface area contributed by atoms with E-state index >= 15 is 0 Å². The number of phenolic OH excluding ortho intramolecular Hbond substituents is 1. The van der Waals surface area contributed by atoms with E-state index in [0.717, 1.165) is 0 Å². The van der Waals surface area contributed by atoms with Gasteiger partial charge >= 0.3 is 5.97 Å². The van der Waals surface area contributed by atoms with Crippen molar-refractivity contribution in [2.75, 3.05) is 0 Å². The van der Waals surface area contributed by atoms with E-state index in [1.807, 2.05) is 0 Å². The lowest BCUT2D eigenvalue weighted by atomic mass is 10.0. The summed E-state index contributed by atoms with van der Waals surface area (Å²) >= 11 is 0. The monoisotopic (exact) mass is 481 g/mol. The van der Waals surface area contributed by atoms with E-state index in [0.29, 0.717) is 5.56 Å². The number of amides is 4. The van der Waals surface area contributed by atoms with Crippen LogP contribution in [0.2, 0.25) is 0 Å². The highest BCUT2D eigenvalue weighted by molar-refractivity contribution is 5.94. The topological polar surface area (TPSA) is 234 Å². The molecule has 188 valence electrons. The van der Waals surface area contributed by atoms with Gasteiger partial charge in [-0.2, -0.15) is 0 Å². The van der Waals surface area contributed by atoms with Crippen molar-refractivity contribution in [3.8, 4) is 5.75 Å². The van der Waals surface area contributed by atoms with Crippen LogP contribution in [0.25, 0.3) is 0 Å². The highest BCUT2D eigenvalue weighted by Gasteiger charge is 2.29. The number of aliphatic hydroxyl groups is 1. The molecule has 1 aromatic carbocycles. The number of primary amides is 1. The molecule has 13 nitrogen and oxygen atoms in total. The van der Waals surface area contributed by atoms with Crippen LogP contribution in [0.4, 0.5) is 0 Å². The Kier molecular flexibility index (Phi) is 10.9. The fraction of sp³-hybridized carbons (Fsp3) is 0.476. The Morgan fingerprint density at radius 2 is 1.47 bits per heavy atom. The summed E-state index contributed by atoms with van der Waals surface area (Å²) in [6, 6.07) is 0.734. The second-order valence-corrected chi connectivity index (χ2v) is 7.83. The van der Waals surface area contributed by atoms with Gasteiger partial charge in [-0.25, -0.2) is 4.79 Å². The lowest BCUT2D eigenvalue weighted by Crippen LogP contribution is -2.58. The average molecular weight is 482 g/mol. The van der Waals surface area contributed by atoms with Gasteiger partial charge in [0.05, 0.1) is 6.10 Å². The maximum Gasteiger partial charge on any atom is 0.326 e. The summed E-state index contributed by atoms with van der Waals surface area (Å²) in [6.45, 7) is 2.62. The third-order valence-electron chi connectivity index (χ3n) is 4.88. The number of benzene rings is 1. The van der Waals surface area contributed by atoms with Crippen molar-refractivity contribution in [2.45, 2.75) is 63.4 Å². The number of hydrogen-bond donors (Lipinski definition) is 8. The highest BCUT2D eigenvalue weighted by atomic mass is 16.4. The molecule has 0 aliphatic heterocycles. The molecule has 13 heteroatoms. The van der Waals surface area contributed by atoms with Crippen LogP contribution in [0.15, 0.2) is 24.3 Å². The Bertz CT molecular complexity index is 890. The minimum atomic E-state index is -1.39. The quantitative estimate of drug-likeness (QED) is 0.148. The molecule has 10 N–H and O–H groups in total. The van der Waals surface area contributed by atoms with E-state index in [1.165, 1.54) is 38.1 Å². The van der Waals surface area contributed by atoms with Crippen molar-refractivity contribution in [1.29, 1.82) is 0 Å². The summed E-state index contributed by atoms with van der Waals surface area (Å²) in [5.74, 6) is -4.52. The fourth-order valence-electron chi connectivity index (χ4n) is 2.78. The molecular weight excluding hydrogens is 450 g/mol. The van der Waals surface area contributed by atoms with Crippen molar-refractivity contribution in [1.82, 2.24) is 16.0 Å². The SMILES string of the molecule is CC(NC(=O)C(Cc1ccc(O)cc1)NC(=O)C(N)C(C)O)C(=O)NC(CCC(N)=O)C(=O)O. The summed E-state index contributed by atoms with van der Waals surface area (Å²) in [7, 11) is 0. The van der Waals surface area contributed by atoms with Crippen LogP contribution in [0.3, 0.4) is 0 Å². The molecule has 0 aromatic heterocycles. The molecule has 0 aliphatic rings. The van der Waals surface area contributed by atoms with E-state index in [9.17, 15) is 39.3 Å². The van der Waals surface area contributed by atoms with Gasteiger partial charge in [0.2, 0.25) is 23.6 Å². The number of nitrogens with two attached hydrogens (primary N) is 2. The van der Waals surface area contributed by atoms with Gasteiger partial charge in [0.15, 0.2) is 0 Å². The maximum atomic E-state index is 12.9. The van der Waals surface area contributed by atoms with Crippen molar-refractivity contribution in [3.63, 3.8) is 0 Å². The number of aliphatic carboxylic acids is 1. The second kappa shape index (κ2) is 13.1. The Morgan fingerprint density at radius 1 is 0.912 bits per heavy atom. The molecule has 0 saturated heterocycles. The Balaban J connectivity index is 2.92. The minimum absolute atomic E-state index is 0.000437. The minimum Gasteiger partial charge on any atom is -0.508 e. The lowest BCUT2D eigenvalue weighted by molar-refractivity contribution is -0.142. The second-order valence-electron chi connectivity index (χ2n) is 7.83. The molecule has 0 spiro atoms. The number of carboxylic acid groups (broad SMARTS) is 1. The average Bonchev–Trinajstić information content (AvgIpc) is 2.76. The zero-order valence-corrected chi connectivity index (χ0v) is 18.9. The molecule has 5 unspecified atom stereocenters. The Morgan fingerprint density at radius 3 is 1.97 bits per heavy atom. The van der Waals surface area contributed by atoms with Crippen molar-refractivity contribution in [3.05, 3.63) is 29.8 Å². The predicted molar refractivity (Wildman–Crippen MR) is 119 cm³/mol. The van der Waals surface area contributed by atoms with Gasteiger partial charge in [0, 0.05) is 12.8 Å². The summed E-state index contributed by atoms with van der Waals surface area (Å²) < 4.78 is 0. The smallest absolute Gasteiger partial charge is 0.326 e. The van der Waals surface area contributed by atoms with Gasteiger partial charge in [-0.1, -0.05) is 12.1 Å². The molecule has 0 heterocycles. The molecule has 1 rings (SSSR count). The molecule has 1 aromatic rings. The van der Waals surface area contributed by atoms with Gasteiger partial charge in [-0.05, 0) is 38.0 Å². The van der Waals surface area contributed by atoms with Gasteiger partial charge in [0.25, 0.3) is 0 Å². The van der Waals surface area contributed by atoms with Gasteiger partial charge in [-0.15, -0.1) is 0 Å². The third kappa shape index (κ3) is 9.42. The van der Waals surface area contributed by atoms with E-state index in [1.54, 1.807) is 0 Å². The van der Waals surface area contributed by atoms with E-state index in [2.05, 4.69) is 16.0 Å². The van der Waals surface area contributed by atoms with Crippen LogP contribution in [0.1, 0.15) is 32.3 Å². The van der Waals surface area contributed by atoms with Crippen molar-refractivity contribution >= 4 is 29.6 Å². The normalized spacial score (nSPS) is 15.2. The van der Waals surface area contributed by atoms with E-state index in [-0.39, 0.29) is 25.0 Å². The molecule has 0 bridgehead atoms. The van der Waals surface area contributed by atoms with Crippen LogP contribution in [-0.2, 0) is 30.4 Å². The number of aromatic hydroxyl groups is 1. The first-order valence-corrected chi connectivity index (χ1v) is 10.5. The summed E-state index contributed by atoms with van der Waals surface area (Å²) in [5, 5.41) is 35.2. The summed E-state index contributed by atoms with van der Waals surface area (Å²) in [4.78, 5) is 59.8. The molecule has 0 aliphatic carbocycles. The first-order chi connectivity index (χ1) is 15.8. The fourth-order valence-corrected chi connectivity index (χ4v) is 2.78. The number of carbonyl (C=O) groups excluding carboxylic acids is 4. The number of rotatable bonds is 13. The number of phenols is 1. The summed E-state index contributed by atoms with van der Waals surface area (Å²) in [6.07, 6.45) is -1.71. The van der Waals surface area contributed by atoms with Crippen LogP contribution in [0, 0.1) is 0 Å². The molecule has 5 atom stereocenters. The van der Waals surface area contributed by atoms with Crippen LogP contribution in [0.5, 0.6) is 5.75 Å². The van der Waals surface area contributed by atoms with Crippen LogP contribution in [-0.4, -0.2) is 75.2 Å². The zero-order valence-electron chi connectivity index (χ0n) is 18.9. The van der Waals surface area contributed by atoms with Gasteiger partial charge in [0.1, 0.15) is 29.9 Å². The van der Waals surface area contributed by atoms with Gasteiger partial charge in [-0.3, -0.25) is 19.2 Å². The number of hydrogen-bond acceptors (Lipinski definition) is 8. The molecule has 0 saturated carbocycles. The lowest BCUT2D eigenvalue weighted by Gasteiger charge is -2.24. The Hall–Kier alpha value is -3.71. The highest BCUT2D eigenvalue weighted by Crippen LogP contribution is 2.12. The third-order valence-corrected chi connectivity index (χ3v) is 4.88. The zero-order chi connectivity index (χ0) is 26.0. The molecule has 0 radical (unpaired) electrons. The molecule has 4 amide bonds. The van der Waals surface area contributed by atoms with E-state index in [4.69, 9.17) is 11.5 Å². The van der Waals surface area contributed by atoms with Gasteiger partial charge < -0.3 is 42.7 Å². The standard InChI is InChI=1S/C21H31N5O8/c1-10(18(30)25-14(21(33)34)7-8-16(22)29)24-19(31)15(26-20(32)17(23)11(2)27)9-12-3-5-13(28)6-4-12/h3-6,10-11,14-15,17,27-28H,7-9,23H2,1-2H3,(H2,22,29)(H,24,31)(H,25,30)(H,26,32)(H,33,34). The molecule has 0 fully saturated rings. The van der Waals surface area contributed by atoms with Crippen molar-refractivity contribution < 1.29 is 39.3 Å². The first-order valence-electron chi connectivity index (χ1n) is 10.5. The van der Waals surface area contributed by atoms with E-state index < -0.39 is 59.9 Å². The van der Waals surface area contributed by atoms with Crippen molar-refractivity contribution in [2.24, 2.45) is 11.5 Å².